The van der Waals surface area contributed by atoms with E-state index in [0.29, 0.717) is 0 Å². The molecular weight excluding hydrogens is 134 g/mol. The SMILES string of the molecule is CCN(C(C)(C)C)C(C)(C)C. The monoisotopic (exact) mass is 157 g/mol. The summed E-state index contributed by atoms with van der Waals surface area (Å²) in [6.45, 7) is 16.9. The van der Waals surface area contributed by atoms with Crippen molar-refractivity contribution in [3.63, 3.8) is 0 Å². The fourth-order valence-corrected chi connectivity index (χ4v) is 1.95. The molecule has 0 bridgehead atoms. The molecule has 0 aliphatic carbocycles. The van der Waals surface area contributed by atoms with Crippen LogP contribution < -0.4 is 0 Å². The molecule has 0 N–H and O–H groups in total. The number of rotatable bonds is 1. The molecule has 0 heterocycles. The zero-order valence-corrected chi connectivity index (χ0v) is 9.15. The molecular formula is C10H23N. The minimum absolute atomic E-state index is 0.285. The van der Waals surface area contributed by atoms with Gasteiger partial charge >= 0.3 is 0 Å². The van der Waals surface area contributed by atoms with Crippen LogP contribution in [0.2, 0.25) is 0 Å². The van der Waals surface area contributed by atoms with E-state index in [4.69, 9.17) is 0 Å². The summed E-state index contributed by atoms with van der Waals surface area (Å²) in [6.07, 6.45) is 0. The fraction of sp³-hybridized carbons (Fsp3) is 1.00. The van der Waals surface area contributed by atoms with Gasteiger partial charge < -0.3 is 0 Å². The maximum atomic E-state index is 2.50. The lowest BCUT2D eigenvalue weighted by atomic mass is 9.96. The molecule has 1 nitrogen and oxygen atoms in total. The van der Waals surface area contributed by atoms with Crippen molar-refractivity contribution in [2.24, 2.45) is 0 Å². The molecule has 0 aromatic rings. The first-order valence-electron chi connectivity index (χ1n) is 4.47. The minimum Gasteiger partial charge on any atom is -0.294 e. The third-order valence-electron chi connectivity index (χ3n) is 1.94. The lowest BCUT2D eigenvalue weighted by Crippen LogP contribution is -2.52. The normalized spacial score (nSPS) is 14.2. The highest BCUT2D eigenvalue weighted by atomic mass is 15.2. The van der Waals surface area contributed by atoms with E-state index in [0.717, 1.165) is 6.54 Å². The quantitative estimate of drug-likeness (QED) is 0.565. The number of hydrogen-bond acceptors (Lipinski definition) is 1. The van der Waals surface area contributed by atoms with Gasteiger partial charge in [-0.2, -0.15) is 0 Å². The zero-order valence-electron chi connectivity index (χ0n) is 9.15. The summed E-state index contributed by atoms with van der Waals surface area (Å²) in [7, 11) is 0. The Labute approximate surface area is 71.8 Å². The molecule has 0 saturated heterocycles. The molecule has 0 rings (SSSR count). The van der Waals surface area contributed by atoms with E-state index in [9.17, 15) is 0 Å². The largest absolute Gasteiger partial charge is 0.294 e. The highest BCUT2D eigenvalue weighted by Gasteiger charge is 2.29. The van der Waals surface area contributed by atoms with Crippen LogP contribution in [0.5, 0.6) is 0 Å². The molecule has 0 fully saturated rings. The summed E-state index contributed by atoms with van der Waals surface area (Å²) in [4.78, 5) is 2.50. The van der Waals surface area contributed by atoms with Crippen molar-refractivity contribution >= 4 is 0 Å². The van der Waals surface area contributed by atoms with Gasteiger partial charge in [-0.05, 0) is 48.1 Å². The lowest BCUT2D eigenvalue weighted by molar-refractivity contribution is 0.0447. The summed E-state index contributed by atoms with van der Waals surface area (Å²) < 4.78 is 0. The van der Waals surface area contributed by atoms with Gasteiger partial charge in [-0.3, -0.25) is 4.90 Å². The molecule has 0 aliphatic heterocycles. The topological polar surface area (TPSA) is 3.24 Å². The summed E-state index contributed by atoms with van der Waals surface area (Å²) in [5, 5.41) is 0. The molecule has 0 radical (unpaired) electrons. The van der Waals surface area contributed by atoms with E-state index < -0.39 is 0 Å². The van der Waals surface area contributed by atoms with Gasteiger partial charge in [0.25, 0.3) is 0 Å². The van der Waals surface area contributed by atoms with Crippen molar-refractivity contribution in [2.75, 3.05) is 6.54 Å². The van der Waals surface area contributed by atoms with Crippen molar-refractivity contribution in [3.05, 3.63) is 0 Å². The molecule has 0 unspecified atom stereocenters. The highest BCUT2D eigenvalue weighted by Crippen LogP contribution is 2.23. The average molecular weight is 157 g/mol. The standard InChI is InChI=1S/C10H23N/c1-8-11(9(2,3)4)10(5,6)7/h8H2,1-7H3. The Morgan fingerprint density at radius 1 is 0.818 bits per heavy atom. The third kappa shape index (κ3) is 3.24. The van der Waals surface area contributed by atoms with E-state index in [1.54, 1.807) is 0 Å². The smallest absolute Gasteiger partial charge is 0.0130 e. The number of hydrogen-bond donors (Lipinski definition) is 0. The highest BCUT2D eigenvalue weighted by molar-refractivity contribution is 4.85. The molecule has 0 aromatic heterocycles. The second-order valence-electron chi connectivity index (χ2n) is 5.09. The van der Waals surface area contributed by atoms with Crippen LogP contribution in [-0.4, -0.2) is 22.5 Å². The van der Waals surface area contributed by atoms with Gasteiger partial charge in [0.05, 0.1) is 0 Å². The van der Waals surface area contributed by atoms with Crippen LogP contribution in [0.15, 0.2) is 0 Å². The van der Waals surface area contributed by atoms with Crippen LogP contribution in [0.3, 0.4) is 0 Å². The molecule has 0 amide bonds. The molecule has 0 atom stereocenters. The first kappa shape index (κ1) is 11.0. The predicted molar refractivity (Wildman–Crippen MR) is 51.9 cm³/mol. The van der Waals surface area contributed by atoms with E-state index in [1.165, 1.54) is 0 Å². The predicted octanol–water partition coefficient (Wildman–Crippen LogP) is 2.91. The maximum Gasteiger partial charge on any atom is 0.0130 e. The third-order valence-corrected chi connectivity index (χ3v) is 1.94. The van der Waals surface area contributed by atoms with Gasteiger partial charge in [0, 0.05) is 11.1 Å². The molecule has 0 aromatic carbocycles. The van der Waals surface area contributed by atoms with Crippen LogP contribution in [0, 0.1) is 0 Å². The van der Waals surface area contributed by atoms with Crippen LogP contribution >= 0.6 is 0 Å². The van der Waals surface area contributed by atoms with E-state index in [1.807, 2.05) is 0 Å². The maximum absolute atomic E-state index is 2.50. The Morgan fingerprint density at radius 3 is 1.09 bits per heavy atom. The van der Waals surface area contributed by atoms with Crippen molar-refractivity contribution in [1.82, 2.24) is 4.90 Å². The van der Waals surface area contributed by atoms with E-state index in [-0.39, 0.29) is 11.1 Å². The summed E-state index contributed by atoms with van der Waals surface area (Å²) in [6, 6.07) is 0. The van der Waals surface area contributed by atoms with Crippen molar-refractivity contribution in [1.29, 1.82) is 0 Å². The molecule has 0 aliphatic rings. The van der Waals surface area contributed by atoms with Crippen molar-refractivity contribution < 1.29 is 0 Å². The van der Waals surface area contributed by atoms with Gasteiger partial charge in [0.1, 0.15) is 0 Å². The first-order chi connectivity index (χ1) is 4.69. The Hall–Kier alpha value is -0.0400. The second kappa shape index (κ2) is 3.14. The van der Waals surface area contributed by atoms with E-state index >= 15 is 0 Å². The molecule has 1 heteroatoms. The Balaban J connectivity index is 4.43. The van der Waals surface area contributed by atoms with Crippen LogP contribution in [-0.2, 0) is 0 Å². The summed E-state index contributed by atoms with van der Waals surface area (Å²) >= 11 is 0. The Bertz CT molecular complexity index is 99.8. The van der Waals surface area contributed by atoms with Crippen LogP contribution in [0.4, 0.5) is 0 Å². The molecule has 11 heavy (non-hydrogen) atoms. The van der Waals surface area contributed by atoms with Gasteiger partial charge in [0.15, 0.2) is 0 Å². The lowest BCUT2D eigenvalue weighted by Gasteiger charge is -2.44. The zero-order chi connectivity index (χ0) is 9.28. The Kier molecular flexibility index (Phi) is 3.13. The van der Waals surface area contributed by atoms with Crippen molar-refractivity contribution in [2.45, 2.75) is 59.5 Å². The fourth-order valence-electron chi connectivity index (χ4n) is 1.95. The Morgan fingerprint density at radius 2 is 1.09 bits per heavy atom. The minimum atomic E-state index is 0.285. The molecule has 68 valence electrons. The van der Waals surface area contributed by atoms with E-state index in [2.05, 4.69) is 53.4 Å². The molecule has 0 spiro atoms. The van der Waals surface area contributed by atoms with Crippen LogP contribution in [0.25, 0.3) is 0 Å². The van der Waals surface area contributed by atoms with Crippen molar-refractivity contribution in [3.8, 4) is 0 Å². The molecule has 0 saturated carbocycles. The summed E-state index contributed by atoms with van der Waals surface area (Å²) in [5.74, 6) is 0. The van der Waals surface area contributed by atoms with Gasteiger partial charge in [0.2, 0.25) is 0 Å². The van der Waals surface area contributed by atoms with Gasteiger partial charge in [-0.25, -0.2) is 0 Å². The number of nitrogens with zero attached hydrogens (tertiary/aromatic N) is 1. The first-order valence-corrected chi connectivity index (χ1v) is 4.47. The van der Waals surface area contributed by atoms with Gasteiger partial charge in [-0.1, -0.05) is 6.92 Å². The van der Waals surface area contributed by atoms with Crippen LogP contribution in [0.1, 0.15) is 48.5 Å². The average Bonchev–Trinajstić information content (AvgIpc) is 1.56. The second-order valence-corrected chi connectivity index (χ2v) is 5.09. The summed E-state index contributed by atoms with van der Waals surface area (Å²) in [5.41, 5.74) is 0.569. The van der Waals surface area contributed by atoms with Gasteiger partial charge in [-0.15, -0.1) is 0 Å².